The van der Waals surface area contributed by atoms with Crippen molar-refractivity contribution < 1.29 is 4.79 Å². The average molecular weight is 235 g/mol. The van der Waals surface area contributed by atoms with E-state index >= 15 is 0 Å². The topological polar surface area (TPSA) is 59.2 Å². The minimum atomic E-state index is 0.135. The fraction of sp³-hybridized carbons (Fsp3) is 0.538. The maximum atomic E-state index is 12.2. The molecule has 0 aromatic carbocycles. The number of pyridine rings is 1. The Morgan fingerprint density at radius 1 is 1.41 bits per heavy atom. The summed E-state index contributed by atoms with van der Waals surface area (Å²) in [6.07, 6.45) is 4.86. The van der Waals surface area contributed by atoms with Crippen LogP contribution >= 0.6 is 0 Å². The summed E-state index contributed by atoms with van der Waals surface area (Å²) in [6, 6.07) is 3.70. The number of aromatic nitrogens is 1. The standard InChI is InChI=1S/C13H21N3O/c1-3-11(10-14)9-13(17)16(4-2)12-5-7-15-8-6-12/h5-8,11H,3-4,9-10,14H2,1-2H3. The van der Waals surface area contributed by atoms with Gasteiger partial charge in [0.05, 0.1) is 0 Å². The second-order valence-corrected chi connectivity index (χ2v) is 4.06. The molecule has 1 amide bonds. The fourth-order valence-corrected chi connectivity index (χ4v) is 1.78. The van der Waals surface area contributed by atoms with Gasteiger partial charge >= 0.3 is 0 Å². The van der Waals surface area contributed by atoms with E-state index in [0.29, 0.717) is 19.5 Å². The van der Waals surface area contributed by atoms with Gasteiger partial charge in [-0.3, -0.25) is 9.78 Å². The molecule has 1 atom stereocenters. The van der Waals surface area contributed by atoms with E-state index in [0.717, 1.165) is 12.1 Å². The minimum absolute atomic E-state index is 0.135. The van der Waals surface area contributed by atoms with E-state index in [1.165, 1.54) is 0 Å². The van der Waals surface area contributed by atoms with Crippen LogP contribution in [-0.2, 0) is 4.79 Å². The zero-order valence-electron chi connectivity index (χ0n) is 10.6. The normalized spacial score (nSPS) is 12.2. The van der Waals surface area contributed by atoms with E-state index in [-0.39, 0.29) is 11.8 Å². The van der Waals surface area contributed by atoms with Gasteiger partial charge in [0.2, 0.25) is 5.91 Å². The van der Waals surface area contributed by atoms with Crippen molar-refractivity contribution in [1.29, 1.82) is 0 Å². The largest absolute Gasteiger partial charge is 0.330 e. The molecule has 1 heterocycles. The van der Waals surface area contributed by atoms with Crippen LogP contribution in [0.2, 0.25) is 0 Å². The van der Waals surface area contributed by atoms with Crippen molar-refractivity contribution in [3.63, 3.8) is 0 Å². The highest BCUT2D eigenvalue weighted by Gasteiger charge is 2.17. The Morgan fingerprint density at radius 3 is 2.53 bits per heavy atom. The first-order valence-corrected chi connectivity index (χ1v) is 6.13. The summed E-state index contributed by atoms with van der Waals surface area (Å²) in [6.45, 7) is 5.27. The molecule has 0 aliphatic carbocycles. The van der Waals surface area contributed by atoms with Crippen LogP contribution in [0.3, 0.4) is 0 Å². The number of carbonyl (C=O) groups excluding carboxylic acids is 1. The van der Waals surface area contributed by atoms with Gasteiger partial charge in [0.15, 0.2) is 0 Å². The first-order valence-electron chi connectivity index (χ1n) is 6.13. The van der Waals surface area contributed by atoms with Crippen molar-refractivity contribution in [3.8, 4) is 0 Å². The molecular formula is C13H21N3O. The van der Waals surface area contributed by atoms with E-state index in [4.69, 9.17) is 5.73 Å². The Bertz CT molecular complexity index is 336. The van der Waals surface area contributed by atoms with Gasteiger partial charge in [0.25, 0.3) is 0 Å². The maximum Gasteiger partial charge on any atom is 0.227 e. The third kappa shape index (κ3) is 3.82. The molecule has 0 bridgehead atoms. The van der Waals surface area contributed by atoms with E-state index in [2.05, 4.69) is 11.9 Å². The molecule has 94 valence electrons. The van der Waals surface area contributed by atoms with Crippen molar-refractivity contribution in [2.75, 3.05) is 18.0 Å². The molecule has 0 fully saturated rings. The lowest BCUT2D eigenvalue weighted by atomic mass is 10.0. The zero-order chi connectivity index (χ0) is 12.7. The summed E-state index contributed by atoms with van der Waals surface area (Å²) in [5, 5.41) is 0. The van der Waals surface area contributed by atoms with Gasteiger partial charge in [-0.1, -0.05) is 13.3 Å². The highest BCUT2D eigenvalue weighted by atomic mass is 16.2. The van der Waals surface area contributed by atoms with Crippen molar-refractivity contribution in [1.82, 2.24) is 4.98 Å². The highest BCUT2D eigenvalue weighted by Crippen LogP contribution is 2.16. The van der Waals surface area contributed by atoms with E-state index in [9.17, 15) is 4.79 Å². The van der Waals surface area contributed by atoms with Crippen molar-refractivity contribution in [3.05, 3.63) is 24.5 Å². The molecule has 0 saturated heterocycles. The minimum Gasteiger partial charge on any atom is -0.330 e. The first-order chi connectivity index (χ1) is 8.22. The monoisotopic (exact) mass is 235 g/mol. The number of nitrogens with zero attached hydrogens (tertiary/aromatic N) is 2. The first kappa shape index (κ1) is 13.6. The summed E-state index contributed by atoms with van der Waals surface area (Å²) in [5.74, 6) is 0.411. The van der Waals surface area contributed by atoms with Gasteiger partial charge in [-0.25, -0.2) is 0 Å². The number of hydrogen-bond acceptors (Lipinski definition) is 3. The third-order valence-electron chi connectivity index (χ3n) is 2.97. The summed E-state index contributed by atoms with van der Waals surface area (Å²) >= 11 is 0. The van der Waals surface area contributed by atoms with E-state index in [1.54, 1.807) is 17.3 Å². The molecule has 0 radical (unpaired) electrons. The number of rotatable bonds is 6. The Morgan fingerprint density at radius 2 is 2.06 bits per heavy atom. The molecule has 4 heteroatoms. The number of amides is 1. The van der Waals surface area contributed by atoms with Crippen LogP contribution < -0.4 is 10.6 Å². The molecule has 0 aliphatic heterocycles. The molecule has 1 aromatic heterocycles. The molecule has 0 spiro atoms. The smallest absolute Gasteiger partial charge is 0.227 e. The lowest BCUT2D eigenvalue weighted by Crippen LogP contribution is -2.33. The summed E-state index contributed by atoms with van der Waals surface area (Å²) in [4.78, 5) is 17.9. The van der Waals surface area contributed by atoms with Crippen LogP contribution in [-0.4, -0.2) is 24.0 Å². The van der Waals surface area contributed by atoms with Gasteiger partial charge in [0, 0.05) is 31.0 Å². The van der Waals surface area contributed by atoms with Crippen LogP contribution in [0.4, 0.5) is 5.69 Å². The zero-order valence-corrected chi connectivity index (χ0v) is 10.6. The van der Waals surface area contributed by atoms with Crippen molar-refractivity contribution in [2.45, 2.75) is 26.7 Å². The Hall–Kier alpha value is -1.42. The van der Waals surface area contributed by atoms with Gasteiger partial charge in [-0.2, -0.15) is 0 Å². The van der Waals surface area contributed by atoms with E-state index in [1.807, 2.05) is 19.1 Å². The Kier molecular flexibility index (Phi) is 5.63. The fourth-order valence-electron chi connectivity index (χ4n) is 1.78. The molecule has 0 saturated carbocycles. The lowest BCUT2D eigenvalue weighted by molar-refractivity contribution is -0.119. The molecule has 1 rings (SSSR count). The molecule has 0 aliphatic rings. The van der Waals surface area contributed by atoms with Crippen LogP contribution in [0.5, 0.6) is 0 Å². The number of anilines is 1. The van der Waals surface area contributed by atoms with Gasteiger partial charge in [-0.05, 0) is 31.5 Å². The third-order valence-corrected chi connectivity index (χ3v) is 2.97. The highest BCUT2D eigenvalue weighted by molar-refractivity contribution is 5.93. The maximum absolute atomic E-state index is 12.2. The van der Waals surface area contributed by atoms with Crippen LogP contribution in [0.25, 0.3) is 0 Å². The van der Waals surface area contributed by atoms with Gasteiger partial charge in [0.1, 0.15) is 0 Å². The quantitative estimate of drug-likeness (QED) is 0.818. The summed E-state index contributed by atoms with van der Waals surface area (Å²) < 4.78 is 0. The van der Waals surface area contributed by atoms with Crippen LogP contribution in [0, 0.1) is 5.92 Å². The summed E-state index contributed by atoms with van der Waals surface area (Å²) in [7, 11) is 0. The SMILES string of the molecule is CCC(CN)CC(=O)N(CC)c1ccncc1. The second-order valence-electron chi connectivity index (χ2n) is 4.06. The Balaban J connectivity index is 2.71. The molecular weight excluding hydrogens is 214 g/mol. The Labute approximate surface area is 103 Å². The lowest BCUT2D eigenvalue weighted by Gasteiger charge is -2.23. The predicted molar refractivity (Wildman–Crippen MR) is 69.7 cm³/mol. The van der Waals surface area contributed by atoms with Crippen molar-refractivity contribution >= 4 is 11.6 Å². The van der Waals surface area contributed by atoms with Crippen LogP contribution in [0.1, 0.15) is 26.7 Å². The number of hydrogen-bond donors (Lipinski definition) is 1. The molecule has 1 aromatic rings. The number of carbonyl (C=O) groups is 1. The molecule has 1 unspecified atom stereocenters. The molecule has 17 heavy (non-hydrogen) atoms. The predicted octanol–water partition coefficient (Wildman–Crippen LogP) is 1.81. The summed E-state index contributed by atoms with van der Waals surface area (Å²) in [5.41, 5.74) is 6.53. The van der Waals surface area contributed by atoms with E-state index < -0.39 is 0 Å². The van der Waals surface area contributed by atoms with Crippen molar-refractivity contribution in [2.24, 2.45) is 11.7 Å². The average Bonchev–Trinajstić information content (AvgIpc) is 2.38. The number of nitrogens with two attached hydrogens (primary N) is 1. The van der Waals surface area contributed by atoms with Crippen LogP contribution in [0.15, 0.2) is 24.5 Å². The second kappa shape index (κ2) is 7.01. The van der Waals surface area contributed by atoms with Gasteiger partial charge in [-0.15, -0.1) is 0 Å². The van der Waals surface area contributed by atoms with Gasteiger partial charge < -0.3 is 10.6 Å². The molecule has 2 N–H and O–H groups in total. The molecule has 4 nitrogen and oxygen atoms in total.